The van der Waals surface area contributed by atoms with E-state index in [1.54, 1.807) is 24.1 Å². The summed E-state index contributed by atoms with van der Waals surface area (Å²) in [6, 6.07) is 6.29. The Morgan fingerprint density at radius 3 is 2.59 bits per heavy atom. The number of aliphatic hydroxyl groups excluding tert-OH is 1. The van der Waals surface area contributed by atoms with Crippen molar-refractivity contribution in [3.8, 4) is 0 Å². The first-order valence-electron chi connectivity index (χ1n) is 5.72. The smallest absolute Gasteiger partial charge is 0.222 e. The number of amides is 1. The molecule has 0 spiro atoms. The first-order valence-corrected chi connectivity index (χ1v) is 5.72. The molecule has 4 heteroatoms. The van der Waals surface area contributed by atoms with Crippen molar-refractivity contribution in [1.82, 2.24) is 4.90 Å². The number of hydrogen-bond acceptors (Lipinski definition) is 2. The molecule has 1 aromatic rings. The number of carbonyl (C=O) groups excluding carboxylic acids is 1. The Morgan fingerprint density at radius 2 is 2.00 bits per heavy atom. The lowest BCUT2D eigenvalue weighted by Gasteiger charge is -2.16. The van der Waals surface area contributed by atoms with Crippen molar-refractivity contribution < 1.29 is 14.3 Å². The van der Waals surface area contributed by atoms with E-state index in [0.717, 1.165) is 5.56 Å². The van der Waals surface area contributed by atoms with Gasteiger partial charge in [0.1, 0.15) is 5.82 Å². The fourth-order valence-corrected chi connectivity index (χ4v) is 1.49. The van der Waals surface area contributed by atoms with Crippen molar-refractivity contribution in [2.45, 2.75) is 19.3 Å². The van der Waals surface area contributed by atoms with Gasteiger partial charge in [0, 0.05) is 26.6 Å². The molecule has 17 heavy (non-hydrogen) atoms. The lowest BCUT2D eigenvalue weighted by atomic mass is 10.1. The molecule has 0 saturated carbocycles. The standard InChI is InChI=1S/C13H18FNO2/c1-15(13(17)3-2-10-16)9-8-11-4-6-12(14)7-5-11/h4-7,16H,2-3,8-10H2,1H3. The number of aliphatic hydroxyl groups is 1. The molecule has 1 rings (SSSR count). The van der Waals surface area contributed by atoms with Gasteiger partial charge in [0.25, 0.3) is 0 Å². The predicted octanol–water partition coefficient (Wildman–Crippen LogP) is 1.60. The largest absolute Gasteiger partial charge is 0.396 e. The van der Waals surface area contributed by atoms with Crippen LogP contribution in [0.25, 0.3) is 0 Å². The molecule has 0 atom stereocenters. The van der Waals surface area contributed by atoms with E-state index in [0.29, 0.717) is 25.8 Å². The highest BCUT2D eigenvalue weighted by Crippen LogP contribution is 2.05. The van der Waals surface area contributed by atoms with E-state index < -0.39 is 0 Å². The maximum absolute atomic E-state index is 12.7. The summed E-state index contributed by atoms with van der Waals surface area (Å²) in [7, 11) is 1.74. The van der Waals surface area contributed by atoms with E-state index >= 15 is 0 Å². The molecule has 0 bridgehead atoms. The molecule has 1 amide bonds. The summed E-state index contributed by atoms with van der Waals surface area (Å²) < 4.78 is 12.7. The Balaban J connectivity index is 2.34. The van der Waals surface area contributed by atoms with Crippen molar-refractivity contribution in [2.75, 3.05) is 20.2 Å². The van der Waals surface area contributed by atoms with Crippen LogP contribution in [0.1, 0.15) is 18.4 Å². The van der Waals surface area contributed by atoms with Crippen LogP contribution < -0.4 is 0 Å². The summed E-state index contributed by atoms with van der Waals surface area (Å²) in [6.07, 6.45) is 1.58. The second-order valence-corrected chi connectivity index (χ2v) is 4.02. The number of likely N-dealkylation sites (N-methyl/N-ethyl adjacent to an activating group) is 1. The van der Waals surface area contributed by atoms with Gasteiger partial charge < -0.3 is 10.0 Å². The molecule has 1 N–H and O–H groups in total. The summed E-state index contributed by atoms with van der Waals surface area (Å²) >= 11 is 0. The minimum Gasteiger partial charge on any atom is -0.396 e. The molecule has 1 aromatic carbocycles. The quantitative estimate of drug-likeness (QED) is 0.819. The third-order valence-electron chi connectivity index (χ3n) is 2.62. The molecule has 94 valence electrons. The topological polar surface area (TPSA) is 40.5 Å². The van der Waals surface area contributed by atoms with Crippen molar-refractivity contribution in [2.24, 2.45) is 0 Å². The molecule has 0 unspecified atom stereocenters. The second-order valence-electron chi connectivity index (χ2n) is 4.02. The molecular formula is C13H18FNO2. The van der Waals surface area contributed by atoms with Crippen LogP contribution in [0.2, 0.25) is 0 Å². The van der Waals surface area contributed by atoms with Crippen molar-refractivity contribution in [3.63, 3.8) is 0 Å². The second kappa shape index (κ2) is 7.01. The minimum atomic E-state index is -0.249. The van der Waals surface area contributed by atoms with Crippen molar-refractivity contribution in [3.05, 3.63) is 35.6 Å². The molecule has 0 saturated heterocycles. The fraction of sp³-hybridized carbons (Fsp3) is 0.462. The summed E-state index contributed by atoms with van der Waals surface area (Å²) in [5.74, 6) is -0.220. The van der Waals surface area contributed by atoms with Gasteiger partial charge in [0.15, 0.2) is 0 Å². The maximum Gasteiger partial charge on any atom is 0.222 e. The van der Waals surface area contributed by atoms with Gasteiger partial charge in [-0.2, -0.15) is 0 Å². The lowest BCUT2D eigenvalue weighted by Crippen LogP contribution is -2.28. The van der Waals surface area contributed by atoms with Crippen LogP contribution in [0.3, 0.4) is 0 Å². The lowest BCUT2D eigenvalue weighted by molar-refractivity contribution is -0.130. The summed E-state index contributed by atoms with van der Waals surface area (Å²) in [5.41, 5.74) is 1.01. The average molecular weight is 239 g/mol. The van der Waals surface area contributed by atoms with Gasteiger partial charge in [-0.15, -0.1) is 0 Å². The van der Waals surface area contributed by atoms with Crippen LogP contribution in [0.15, 0.2) is 24.3 Å². The molecule has 0 aliphatic carbocycles. The highest BCUT2D eigenvalue weighted by molar-refractivity contribution is 5.75. The van der Waals surface area contributed by atoms with E-state index in [1.807, 2.05) is 0 Å². The summed E-state index contributed by atoms with van der Waals surface area (Å²) in [5, 5.41) is 8.62. The van der Waals surface area contributed by atoms with E-state index in [4.69, 9.17) is 5.11 Å². The Morgan fingerprint density at radius 1 is 1.35 bits per heavy atom. The van der Waals surface area contributed by atoms with Gasteiger partial charge >= 0.3 is 0 Å². The minimum absolute atomic E-state index is 0.0289. The van der Waals surface area contributed by atoms with Crippen LogP contribution in [-0.2, 0) is 11.2 Å². The average Bonchev–Trinajstić information content (AvgIpc) is 2.34. The maximum atomic E-state index is 12.7. The highest BCUT2D eigenvalue weighted by Gasteiger charge is 2.07. The van der Waals surface area contributed by atoms with Crippen LogP contribution in [0.4, 0.5) is 4.39 Å². The van der Waals surface area contributed by atoms with Gasteiger partial charge in [-0.05, 0) is 30.5 Å². The first-order chi connectivity index (χ1) is 8.13. The third kappa shape index (κ3) is 4.95. The van der Waals surface area contributed by atoms with E-state index in [2.05, 4.69) is 0 Å². The number of halogens is 1. The predicted molar refractivity (Wildman–Crippen MR) is 64.1 cm³/mol. The number of rotatable bonds is 6. The molecule has 3 nitrogen and oxygen atoms in total. The zero-order valence-electron chi connectivity index (χ0n) is 10.0. The van der Waals surface area contributed by atoms with E-state index in [9.17, 15) is 9.18 Å². The Kier molecular flexibility index (Phi) is 5.63. The summed E-state index contributed by atoms with van der Waals surface area (Å²) in [4.78, 5) is 13.2. The normalized spacial score (nSPS) is 10.3. The van der Waals surface area contributed by atoms with Gasteiger partial charge in [0.2, 0.25) is 5.91 Å². The molecular weight excluding hydrogens is 221 g/mol. The summed E-state index contributed by atoms with van der Waals surface area (Å²) in [6.45, 7) is 0.646. The van der Waals surface area contributed by atoms with Crippen LogP contribution in [0.5, 0.6) is 0 Å². The van der Waals surface area contributed by atoms with Crippen LogP contribution >= 0.6 is 0 Å². The Labute approximate surface area is 101 Å². The van der Waals surface area contributed by atoms with E-state index in [-0.39, 0.29) is 18.3 Å². The number of benzene rings is 1. The Hall–Kier alpha value is -1.42. The van der Waals surface area contributed by atoms with Gasteiger partial charge in [0.05, 0.1) is 0 Å². The fourth-order valence-electron chi connectivity index (χ4n) is 1.49. The van der Waals surface area contributed by atoms with E-state index in [1.165, 1.54) is 12.1 Å². The first kappa shape index (κ1) is 13.6. The number of hydrogen-bond donors (Lipinski definition) is 1. The molecule has 0 aliphatic rings. The monoisotopic (exact) mass is 239 g/mol. The molecule has 0 aliphatic heterocycles. The van der Waals surface area contributed by atoms with Gasteiger partial charge in [-0.1, -0.05) is 12.1 Å². The molecule has 0 heterocycles. The molecule has 0 radical (unpaired) electrons. The van der Waals surface area contributed by atoms with Crippen molar-refractivity contribution >= 4 is 5.91 Å². The number of nitrogens with zero attached hydrogens (tertiary/aromatic N) is 1. The van der Waals surface area contributed by atoms with Crippen LogP contribution in [-0.4, -0.2) is 36.1 Å². The number of carbonyl (C=O) groups is 1. The van der Waals surface area contributed by atoms with Gasteiger partial charge in [-0.3, -0.25) is 4.79 Å². The van der Waals surface area contributed by atoms with Crippen LogP contribution in [0, 0.1) is 5.82 Å². The zero-order chi connectivity index (χ0) is 12.7. The molecule has 0 aromatic heterocycles. The highest BCUT2D eigenvalue weighted by atomic mass is 19.1. The molecule has 0 fully saturated rings. The zero-order valence-corrected chi connectivity index (χ0v) is 10.0. The van der Waals surface area contributed by atoms with Gasteiger partial charge in [-0.25, -0.2) is 4.39 Å². The SMILES string of the molecule is CN(CCc1ccc(F)cc1)C(=O)CCCO. The van der Waals surface area contributed by atoms with Crippen molar-refractivity contribution in [1.29, 1.82) is 0 Å². The third-order valence-corrected chi connectivity index (χ3v) is 2.62. The Bertz CT molecular complexity index is 351.